The third-order valence-electron chi connectivity index (χ3n) is 9.42. The van der Waals surface area contributed by atoms with Crippen LogP contribution < -0.4 is 4.90 Å². The van der Waals surface area contributed by atoms with Gasteiger partial charge in [0, 0.05) is 38.0 Å². The zero-order valence-corrected chi connectivity index (χ0v) is 29.5. The quantitative estimate of drug-likeness (QED) is 0.164. The van der Waals surface area contributed by atoms with Gasteiger partial charge in [0.15, 0.2) is 17.5 Å². The number of nitrogens with zero attached hydrogens (tertiary/aromatic N) is 4. The number of aromatic nitrogens is 3. The number of hydrogen-bond acceptors (Lipinski definition) is 5. The summed E-state index contributed by atoms with van der Waals surface area (Å²) < 4.78 is 0. The van der Waals surface area contributed by atoms with Crippen molar-refractivity contribution in [3.05, 3.63) is 217 Å². The van der Waals surface area contributed by atoms with Crippen LogP contribution in [0, 0.1) is 0 Å². The number of rotatable bonds is 7. The third kappa shape index (κ3) is 6.27. The predicted octanol–water partition coefficient (Wildman–Crippen LogP) is 9.87. The fourth-order valence-electron chi connectivity index (χ4n) is 7.11. The second-order valence-electron chi connectivity index (χ2n) is 12.4. The maximum atomic E-state index is 5.41. The predicted molar refractivity (Wildman–Crippen MR) is 215 cm³/mol. The Balaban J connectivity index is 0.00000218. The monoisotopic (exact) mass is 708 g/mol. The average molecular weight is 709 g/mol. The van der Waals surface area contributed by atoms with Crippen molar-refractivity contribution in [2.24, 2.45) is 0 Å². The van der Waals surface area contributed by atoms with Gasteiger partial charge in [0.2, 0.25) is 0 Å². The average Bonchev–Trinajstić information content (AvgIpc) is 3.22. The first-order chi connectivity index (χ1) is 25.3. The number of fused-ring (bicyclic) bond motifs is 2. The van der Waals surface area contributed by atoms with E-state index >= 15 is 0 Å². The van der Waals surface area contributed by atoms with Crippen molar-refractivity contribution in [3.8, 4) is 22.8 Å². The van der Waals surface area contributed by atoms with Crippen LogP contribution in [0.5, 0.6) is 0 Å². The van der Waals surface area contributed by atoms with E-state index in [0.717, 1.165) is 44.9 Å². The zero-order valence-electron chi connectivity index (χ0n) is 28.7. The molecule has 7 aromatic carbocycles. The molecule has 0 bridgehead atoms. The van der Waals surface area contributed by atoms with E-state index in [-0.39, 0.29) is 11.0 Å². The lowest BCUT2D eigenvalue weighted by Gasteiger charge is -2.40. The fraction of sp³-hybridized carbons (Fsp3) is 0.0217. The first-order valence-electron chi connectivity index (χ1n) is 17.0. The van der Waals surface area contributed by atoms with Gasteiger partial charge in [0.25, 0.3) is 0 Å². The second kappa shape index (κ2) is 15.1. The summed E-state index contributed by atoms with van der Waals surface area (Å²) in [5.74, 6) is 1.97. The molecule has 0 amide bonds. The lowest BCUT2D eigenvalue weighted by Crippen LogP contribution is -2.36. The highest BCUT2D eigenvalue weighted by molar-refractivity contribution is 7.99. The van der Waals surface area contributed by atoms with Gasteiger partial charge >= 0.3 is 0 Å². The van der Waals surface area contributed by atoms with Gasteiger partial charge < -0.3 is 15.9 Å². The van der Waals surface area contributed by atoms with Crippen LogP contribution in [0.2, 0.25) is 0 Å². The van der Waals surface area contributed by atoms with Crippen LogP contribution in [0.25, 0.3) is 22.8 Å². The molecule has 0 saturated carbocycles. The van der Waals surface area contributed by atoms with Crippen LogP contribution in [0.3, 0.4) is 0 Å². The Hall–Kier alpha value is -6.38. The second-order valence-corrected chi connectivity index (χ2v) is 13.5. The van der Waals surface area contributed by atoms with Crippen LogP contribution in [-0.4, -0.2) is 25.9 Å². The standard InChI is InChI=1S/C46H32N4S.2H2O/c1-5-17-33(18-6-1)43-47-44(34-19-7-2-8-20-34)49-45(48-43)46(39-25-13-15-27-41(39)51-42-28-16-14-26-40(42)46)35-29-31-38(32-30-35)50(36-21-9-3-10-22-36)37-23-11-4-12-24-37;;/h1-32H;2*1H2. The van der Waals surface area contributed by atoms with E-state index in [0.29, 0.717) is 17.5 Å². The van der Waals surface area contributed by atoms with E-state index < -0.39 is 5.41 Å². The minimum absolute atomic E-state index is 0. The van der Waals surface area contributed by atoms with Gasteiger partial charge in [0.1, 0.15) is 5.41 Å². The van der Waals surface area contributed by atoms with E-state index in [9.17, 15) is 0 Å². The largest absolute Gasteiger partial charge is 0.412 e. The van der Waals surface area contributed by atoms with Gasteiger partial charge in [-0.1, -0.05) is 157 Å². The molecule has 258 valence electrons. The maximum Gasteiger partial charge on any atom is 0.163 e. The van der Waals surface area contributed by atoms with Crippen molar-refractivity contribution < 1.29 is 11.0 Å². The highest BCUT2D eigenvalue weighted by atomic mass is 32.2. The normalized spacial score (nSPS) is 12.3. The Morgan fingerprint density at radius 2 is 0.755 bits per heavy atom. The van der Waals surface area contributed by atoms with E-state index in [1.54, 1.807) is 11.8 Å². The summed E-state index contributed by atoms with van der Waals surface area (Å²) in [6.07, 6.45) is 0. The molecule has 7 heteroatoms. The van der Waals surface area contributed by atoms with Crippen molar-refractivity contribution in [2.45, 2.75) is 15.2 Å². The number of hydrogen-bond donors (Lipinski definition) is 0. The number of anilines is 3. The van der Waals surface area contributed by atoms with Gasteiger partial charge in [-0.3, -0.25) is 0 Å². The first-order valence-corrected chi connectivity index (χ1v) is 17.9. The lowest BCUT2D eigenvalue weighted by atomic mass is 9.68. The van der Waals surface area contributed by atoms with Crippen LogP contribution in [0.4, 0.5) is 17.1 Å². The van der Waals surface area contributed by atoms with E-state index in [2.05, 4.69) is 163 Å². The molecule has 0 atom stereocenters. The van der Waals surface area contributed by atoms with Crippen molar-refractivity contribution in [1.82, 2.24) is 15.0 Å². The van der Waals surface area contributed by atoms with Gasteiger partial charge in [-0.15, -0.1) is 0 Å². The molecule has 8 aromatic rings. The molecule has 0 radical (unpaired) electrons. The Kier molecular flexibility index (Phi) is 9.97. The maximum absolute atomic E-state index is 5.41. The van der Waals surface area contributed by atoms with Gasteiger partial charge in [0.05, 0.1) is 0 Å². The highest BCUT2D eigenvalue weighted by Crippen LogP contribution is 2.55. The summed E-state index contributed by atoms with van der Waals surface area (Å²) in [5.41, 5.74) is 7.66. The van der Waals surface area contributed by atoms with Crippen LogP contribution in [0.1, 0.15) is 22.5 Å². The SMILES string of the molecule is O.O.c1ccc(-c2nc(-c3ccccc3)nc(C3(c4ccc(N(c5ccccc5)c5ccccc5)cc4)c4ccccc4Sc4ccccc43)n2)cc1. The Bertz CT molecular complexity index is 2300. The molecule has 1 aliphatic rings. The molecule has 0 fully saturated rings. The molecular weight excluding hydrogens is 673 g/mol. The summed E-state index contributed by atoms with van der Waals surface area (Å²) in [4.78, 5) is 20.5. The van der Waals surface area contributed by atoms with Crippen molar-refractivity contribution in [3.63, 3.8) is 0 Å². The van der Waals surface area contributed by atoms with Crippen molar-refractivity contribution >= 4 is 28.8 Å². The molecule has 53 heavy (non-hydrogen) atoms. The molecule has 0 unspecified atom stereocenters. The topological polar surface area (TPSA) is 105 Å². The molecule has 1 aromatic heterocycles. The van der Waals surface area contributed by atoms with Crippen molar-refractivity contribution in [2.75, 3.05) is 4.90 Å². The minimum atomic E-state index is -0.836. The molecule has 1 aliphatic heterocycles. The molecule has 4 N–H and O–H groups in total. The zero-order chi connectivity index (χ0) is 34.0. The third-order valence-corrected chi connectivity index (χ3v) is 10.6. The summed E-state index contributed by atoms with van der Waals surface area (Å²) in [6.45, 7) is 0. The Labute approximate surface area is 313 Å². The van der Waals surface area contributed by atoms with E-state index in [4.69, 9.17) is 15.0 Å². The Morgan fingerprint density at radius 3 is 1.21 bits per heavy atom. The summed E-state index contributed by atoms with van der Waals surface area (Å²) in [5, 5.41) is 0. The van der Waals surface area contributed by atoms with E-state index in [1.165, 1.54) is 9.79 Å². The molecular formula is C46H36N4O2S. The summed E-state index contributed by atoms with van der Waals surface area (Å²) in [6, 6.07) is 67.8. The van der Waals surface area contributed by atoms with Crippen molar-refractivity contribution in [1.29, 1.82) is 0 Å². The molecule has 6 nitrogen and oxygen atoms in total. The Morgan fingerprint density at radius 1 is 0.377 bits per heavy atom. The van der Waals surface area contributed by atoms with Gasteiger partial charge in [-0.05, 0) is 65.2 Å². The lowest BCUT2D eigenvalue weighted by molar-refractivity contribution is 0.644. The van der Waals surface area contributed by atoms with Crippen LogP contribution in [0.15, 0.2) is 204 Å². The fourth-order valence-corrected chi connectivity index (χ4v) is 8.31. The number of para-hydroxylation sites is 2. The summed E-state index contributed by atoms with van der Waals surface area (Å²) in [7, 11) is 0. The van der Waals surface area contributed by atoms with E-state index in [1.807, 2.05) is 36.4 Å². The highest BCUT2D eigenvalue weighted by Gasteiger charge is 2.47. The minimum Gasteiger partial charge on any atom is -0.412 e. The molecule has 0 saturated heterocycles. The summed E-state index contributed by atoms with van der Waals surface area (Å²) >= 11 is 1.80. The number of benzene rings is 7. The van der Waals surface area contributed by atoms with Crippen LogP contribution >= 0.6 is 11.8 Å². The van der Waals surface area contributed by atoms with Gasteiger partial charge in [-0.2, -0.15) is 0 Å². The van der Waals surface area contributed by atoms with Crippen LogP contribution in [-0.2, 0) is 5.41 Å². The molecule has 9 rings (SSSR count). The first kappa shape index (κ1) is 35.0. The smallest absolute Gasteiger partial charge is 0.163 e. The molecule has 0 spiro atoms. The molecule has 0 aliphatic carbocycles. The van der Waals surface area contributed by atoms with Gasteiger partial charge in [-0.25, -0.2) is 15.0 Å². The molecule has 2 heterocycles.